The molecule has 0 unspecified atom stereocenters. The summed E-state index contributed by atoms with van der Waals surface area (Å²) in [7, 11) is 0. The Morgan fingerprint density at radius 3 is 3.10 bits per heavy atom. The highest BCUT2D eigenvalue weighted by Gasteiger charge is 2.07. The van der Waals surface area contributed by atoms with Crippen LogP contribution in [0.3, 0.4) is 0 Å². The highest BCUT2D eigenvalue weighted by Crippen LogP contribution is 2.16. The van der Waals surface area contributed by atoms with E-state index in [9.17, 15) is 4.79 Å². The second-order valence-electron chi connectivity index (χ2n) is 4.38. The minimum Gasteiger partial charge on any atom is -0.272 e. The number of amides is 1. The maximum Gasteiger partial charge on any atom is 0.272 e. The molecule has 1 amide bonds. The van der Waals surface area contributed by atoms with Crippen LogP contribution in [-0.2, 0) is 13.0 Å². The van der Waals surface area contributed by atoms with E-state index in [0.29, 0.717) is 5.56 Å². The number of carbonyl (C=O) groups is 1. The Hall–Kier alpha value is -1.95. The maximum atomic E-state index is 11.9. The van der Waals surface area contributed by atoms with Gasteiger partial charge in [0.05, 0.1) is 18.0 Å². The van der Waals surface area contributed by atoms with Gasteiger partial charge in [-0.15, -0.1) is 11.3 Å². The predicted molar refractivity (Wildman–Crippen MR) is 81.3 cm³/mol. The molecule has 2 aromatic rings. The van der Waals surface area contributed by atoms with Gasteiger partial charge in [-0.05, 0) is 19.4 Å². The van der Waals surface area contributed by atoms with Crippen molar-refractivity contribution in [2.24, 2.45) is 5.10 Å². The third kappa shape index (κ3) is 3.77. The topological polar surface area (TPSA) is 59.3 Å². The third-order valence-corrected chi connectivity index (χ3v) is 3.77. The van der Waals surface area contributed by atoms with Crippen molar-refractivity contribution < 1.29 is 4.79 Å². The molecule has 0 aromatic carbocycles. The number of aryl methyl sites for hydroxylation is 2. The molecule has 2 aromatic heterocycles. The van der Waals surface area contributed by atoms with E-state index in [2.05, 4.69) is 22.5 Å². The number of hydrazone groups is 1. The lowest BCUT2D eigenvalue weighted by Gasteiger charge is -1.95. The Kier molecular flexibility index (Phi) is 5.06. The van der Waals surface area contributed by atoms with Crippen LogP contribution in [-0.4, -0.2) is 21.9 Å². The van der Waals surface area contributed by atoms with Crippen LogP contribution < -0.4 is 5.43 Å². The Bertz CT molecular complexity index is 600. The quantitative estimate of drug-likeness (QED) is 0.657. The third-order valence-electron chi connectivity index (χ3n) is 2.77. The zero-order chi connectivity index (χ0) is 14.4. The van der Waals surface area contributed by atoms with E-state index >= 15 is 0 Å². The Labute approximate surface area is 122 Å². The number of aromatic nitrogens is 2. The number of rotatable bonds is 6. The lowest BCUT2D eigenvalue weighted by atomic mass is 10.2. The smallest absolute Gasteiger partial charge is 0.272 e. The average Bonchev–Trinajstić information content (AvgIpc) is 3.08. The Balaban J connectivity index is 1.90. The molecule has 0 fully saturated rings. The van der Waals surface area contributed by atoms with Gasteiger partial charge in [0.2, 0.25) is 0 Å². The summed E-state index contributed by atoms with van der Waals surface area (Å²) in [6.45, 7) is 4.95. The van der Waals surface area contributed by atoms with Gasteiger partial charge >= 0.3 is 0 Å². The normalized spacial score (nSPS) is 11.1. The first kappa shape index (κ1) is 14.5. The van der Waals surface area contributed by atoms with Gasteiger partial charge in [-0.1, -0.05) is 13.3 Å². The van der Waals surface area contributed by atoms with E-state index in [4.69, 9.17) is 0 Å². The minimum absolute atomic E-state index is 0.178. The first-order valence-electron chi connectivity index (χ1n) is 6.66. The standard InChI is InChI=1S/C14H18N4OS/c1-3-5-13-6-12(10-20-13)14(19)17-15-7-11-8-16-18(4-2)9-11/h6-10H,3-5H2,1-2H3,(H,17,19)/b15-7-. The maximum absolute atomic E-state index is 11.9. The van der Waals surface area contributed by atoms with Crippen molar-refractivity contribution in [1.29, 1.82) is 0 Å². The van der Waals surface area contributed by atoms with Gasteiger partial charge in [-0.2, -0.15) is 10.2 Å². The fraction of sp³-hybridized carbons (Fsp3) is 0.357. The molecular weight excluding hydrogens is 272 g/mol. The van der Waals surface area contributed by atoms with Gasteiger partial charge in [-0.25, -0.2) is 5.43 Å². The fourth-order valence-electron chi connectivity index (χ4n) is 1.73. The molecule has 6 heteroatoms. The van der Waals surface area contributed by atoms with E-state index in [-0.39, 0.29) is 5.91 Å². The van der Waals surface area contributed by atoms with E-state index in [1.165, 1.54) is 4.88 Å². The molecule has 106 valence electrons. The molecule has 0 aliphatic rings. The number of thiophene rings is 1. The van der Waals surface area contributed by atoms with Crippen LogP contribution in [0.2, 0.25) is 0 Å². The van der Waals surface area contributed by atoms with E-state index in [0.717, 1.165) is 24.9 Å². The average molecular weight is 290 g/mol. The van der Waals surface area contributed by atoms with E-state index in [1.54, 1.807) is 28.4 Å². The number of nitrogens with zero attached hydrogens (tertiary/aromatic N) is 3. The van der Waals surface area contributed by atoms with Crippen LogP contribution in [0.15, 0.2) is 28.9 Å². The SMILES string of the molecule is CCCc1cc(C(=O)N/N=C\c2cnn(CC)c2)cs1. The summed E-state index contributed by atoms with van der Waals surface area (Å²) in [5.74, 6) is -0.178. The lowest BCUT2D eigenvalue weighted by Crippen LogP contribution is -2.16. The highest BCUT2D eigenvalue weighted by atomic mass is 32.1. The van der Waals surface area contributed by atoms with Gasteiger partial charge in [0.15, 0.2) is 0 Å². The highest BCUT2D eigenvalue weighted by molar-refractivity contribution is 7.10. The van der Waals surface area contributed by atoms with Crippen molar-refractivity contribution in [2.45, 2.75) is 33.2 Å². The molecule has 2 rings (SSSR count). The summed E-state index contributed by atoms with van der Waals surface area (Å²) in [5, 5.41) is 9.94. The summed E-state index contributed by atoms with van der Waals surface area (Å²) in [4.78, 5) is 13.1. The molecule has 20 heavy (non-hydrogen) atoms. The molecular formula is C14H18N4OS. The molecule has 5 nitrogen and oxygen atoms in total. The zero-order valence-corrected chi connectivity index (χ0v) is 12.5. The van der Waals surface area contributed by atoms with Crippen LogP contribution in [0.5, 0.6) is 0 Å². The minimum atomic E-state index is -0.178. The summed E-state index contributed by atoms with van der Waals surface area (Å²) in [6, 6.07) is 1.92. The monoisotopic (exact) mass is 290 g/mol. The van der Waals surface area contributed by atoms with E-state index in [1.807, 2.05) is 24.6 Å². The largest absolute Gasteiger partial charge is 0.272 e. The second kappa shape index (κ2) is 7.00. The number of carbonyl (C=O) groups excluding carboxylic acids is 1. The summed E-state index contributed by atoms with van der Waals surface area (Å²) in [6.07, 6.45) is 7.28. The Morgan fingerprint density at radius 2 is 2.40 bits per heavy atom. The molecule has 0 bridgehead atoms. The summed E-state index contributed by atoms with van der Waals surface area (Å²) >= 11 is 1.61. The first-order valence-corrected chi connectivity index (χ1v) is 7.54. The van der Waals surface area contributed by atoms with Crippen molar-refractivity contribution in [3.05, 3.63) is 39.8 Å². The van der Waals surface area contributed by atoms with E-state index < -0.39 is 0 Å². The molecule has 0 aliphatic heterocycles. The summed E-state index contributed by atoms with van der Waals surface area (Å²) < 4.78 is 1.80. The van der Waals surface area contributed by atoms with Gasteiger partial charge < -0.3 is 0 Å². The van der Waals surface area contributed by atoms with Crippen LogP contribution >= 0.6 is 11.3 Å². The molecule has 0 aliphatic carbocycles. The number of nitrogens with one attached hydrogen (secondary N) is 1. The number of hydrogen-bond acceptors (Lipinski definition) is 4. The first-order chi connectivity index (χ1) is 9.72. The molecule has 0 saturated heterocycles. The van der Waals surface area contributed by atoms with Crippen LogP contribution in [0.1, 0.15) is 41.1 Å². The molecule has 2 heterocycles. The van der Waals surface area contributed by atoms with Crippen LogP contribution in [0.4, 0.5) is 0 Å². The van der Waals surface area contributed by atoms with Crippen molar-refractivity contribution >= 4 is 23.5 Å². The van der Waals surface area contributed by atoms with Crippen molar-refractivity contribution in [2.75, 3.05) is 0 Å². The van der Waals surface area contributed by atoms with Crippen LogP contribution in [0, 0.1) is 0 Å². The molecule has 1 N–H and O–H groups in total. The lowest BCUT2D eigenvalue weighted by molar-refractivity contribution is 0.0955. The summed E-state index contributed by atoms with van der Waals surface area (Å²) in [5.41, 5.74) is 4.06. The second-order valence-corrected chi connectivity index (χ2v) is 5.38. The fourth-order valence-corrected chi connectivity index (χ4v) is 2.70. The predicted octanol–water partition coefficient (Wildman–Crippen LogP) is 2.68. The molecule has 0 atom stereocenters. The number of hydrogen-bond donors (Lipinski definition) is 1. The molecule has 0 radical (unpaired) electrons. The van der Waals surface area contributed by atoms with Crippen molar-refractivity contribution in [3.8, 4) is 0 Å². The van der Waals surface area contributed by atoms with Gasteiger partial charge in [0, 0.05) is 28.6 Å². The van der Waals surface area contributed by atoms with Gasteiger partial charge in [-0.3, -0.25) is 9.48 Å². The van der Waals surface area contributed by atoms with Crippen molar-refractivity contribution in [1.82, 2.24) is 15.2 Å². The van der Waals surface area contributed by atoms with Gasteiger partial charge in [0.25, 0.3) is 5.91 Å². The molecule has 0 spiro atoms. The van der Waals surface area contributed by atoms with Crippen molar-refractivity contribution in [3.63, 3.8) is 0 Å². The van der Waals surface area contributed by atoms with Gasteiger partial charge in [0.1, 0.15) is 0 Å². The zero-order valence-electron chi connectivity index (χ0n) is 11.7. The Morgan fingerprint density at radius 1 is 1.55 bits per heavy atom. The van der Waals surface area contributed by atoms with Crippen LogP contribution in [0.25, 0.3) is 0 Å². The molecule has 0 saturated carbocycles.